The Morgan fingerprint density at radius 3 is 0.593 bits per heavy atom. The van der Waals surface area contributed by atoms with Gasteiger partial charge in [0.15, 0.2) is 0 Å². The third-order valence-electron chi connectivity index (χ3n) is 4.88. The standard InChI is InChI=1S/3C9H24O3S4Si.C3H8/c3*1-5-9-14-15-16(13)17(10-6-2,11-7-3)12-8-4;1-3-2/h3*13,16H,5-9H2,1-4H3;3H2,1-2H3. The second kappa shape index (κ2) is 47.0. The van der Waals surface area contributed by atoms with Gasteiger partial charge in [0.25, 0.3) is 0 Å². The smallest absolute Gasteiger partial charge is 0.366 e. The van der Waals surface area contributed by atoms with Gasteiger partial charge in [-0.15, -0.1) is 35.0 Å². The fourth-order valence-corrected chi connectivity index (χ4v) is 51.4. The second-order valence-electron chi connectivity index (χ2n) is 9.68. The molecule has 0 amide bonds. The minimum absolute atomic E-state index is 0.616. The predicted octanol–water partition coefficient (Wildman–Crippen LogP) is 13.7. The van der Waals surface area contributed by atoms with Crippen LogP contribution in [0.1, 0.15) is 123 Å². The zero-order chi connectivity index (χ0) is 42.2. The Morgan fingerprint density at radius 1 is 0.333 bits per heavy atom. The van der Waals surface area contributed by atoms with Crippen molar-refractivity contribution in [2.24, 2.45) is 0 Å². The molecule has 0 aliphatic heterocycles. The van der Waals surface area contributed by atoms with E-state index in [2.05, 4.69) is 69.6 Å². The first-order valence-electron chi connectivity index (χ1n) is 19.0. The largest absolute Gasteiger partial charge is 0.572 e. The van der Waals surface area contributed by atoms with E-state index < -0.39 is 49.1 Å². The van der Waals surface area contributed by atoms with Crippen molar-refractivity contribution < 1.29 is 39.8 Å². The molecule has 0 aliphatic carbocycles. The lowest BCUT2D eigenvalue weighted by Crippen LogP contribution is -2.44. The SMILES string of the molecule is CCC.CCCSS[SH](S)[Si](OCC)(OCC)OCC.CCCSS[SH](S)[Si](OCC)(OCC)OCC.CCCSS[SH](S)[Si](OCC)(OCC)OCC. The Hall–Kier alpha value is 4.49. The molecule has 3 atom stereocenters. The maximum absolute atomic E-state index is 5.82. The maximum atomic E-state index is 5.82. The van der Waals surface area contributed by atoms with Crippen molar-refractivity contribution in [2.75, 3.05) is 76.7 Å². The lowest BCUT2D eigenvalue weighted by atomic mass is 10.6. The molecule has 54 heavy (non-hydrogen) atoms. The Labute approximate surface area is 381 Å². The van der Waals surface area contributed by atoms with Crippen LogP contribution in [0.15, 0.2) is 0 Å². The first kappa shape index (κ1) is 65.1. The Bertz CT molecular complexity index is 619. The molecule has 3 unspecified atom stereocenters. The summed E-state index contributed by atoms with van der Waals surface area (Å²) in [6.45, 7) is 34.1. The van der Waals surface area contributed by atoms with E-state index in [1.54, 1.807) is 29.5 Å². The summed E-state index contributed by atoms with van der Waals surface area (Å²) in [6, 6.07) is 0. The fourth-order valence-electron chi connectivity index (χ4n) is 3.16. The van der Waals surface area contributed by atoms with E-state index in [4.69, 9.17) is 39.8 Å². The van der Waals surface area contributed by atoms with Crippen LogP contribution in [0.3, 0.4) is 0 Å². The summed E-state index contributed by atoms with van der Waals surface area (Å²) >= 11 is 14.0. The first-order valence-corrected chi connectivity index (χ1v) is 43.0. The van der Waals surface area contributed by atoms with E-state index >= 15 is 0 Å². The molecule has 24 heteroatoms. The minimum Gasteiger partial charge on any atom is -0.366 e. The molecule has 0 saturated heterocycles. The van der Waals surface area contributed by atoms with Crippen molar-refractivity contribution in [1.82, 2.24) is 0 Å². The zero-order valence-electron chi connectivity index (χ0n) is 35.6. The molecule has 0 aromatic heterocycles. The Balaban J connectivity index is -0.000000334. The lowest BCUT2D eigenvalue weighted by molar-refractivity contribution is 0.0962. The van der Waals surface area contributed by atoms with E-state index in [-0.39, 0.29) is 0 Å². The number of hydrogen-bond acceptors (Lipinski definition) is 18. The summed E-state index contributed by atoms with van der Waals surface area (Å²) < 4.78 is 52.3. The molecular formula is C30H80O9S12Si3. The molecule has 0 radical (unpaired) electrons. The van der Waals surface area contributed by atoms with E-state index in [1.807, 2.05) is 94.7 Å². The average molecular weight is 1050 g/mol. The molecule has 0 heterocycles. The Morgan fingerprint density at radius 2 is 0.481 bits per heavy atom. The number of thiol groups is 6. The van der Waals surface area contributed by atoms with E-state index in [0.29, 0.717) is 59.5 Å². The van der Waals surface area contributed by atoms with Gasteiger partial charge in [-0.2, -0.15) is 0 Å². The van der Waals surface area contributed by atoms with Crippen LogP contribution in [-0.4, -0.2) is 101 Å². The average Bonchev–Trinajstić information content (AvgIpc) is 3.13. The topological polar surface area (TPSA) is 83.1 Å². The molecule has 338 valence electrons. The monoisotopic (exact) mass is 1050 g/mol. The summed E-state index contributed by atoms with van der Waals surface area (Å²) in [4.78, 5) is 0. The van der Waals surface area contributed by atoms with Crippen LogP contribution >= 0.6 is 122 Å². The normalized spacial score (nSPS) is 14.5. The maximum Gasteiger partial charge on any atom is 0.572 e. The second-order valence-corrected chi connectivity index (χ2v) is 51.5. The highest BCUT2D eigenvalue weighted by atomic mass is 33.8. The lowest BCUT2D eigenvalue weighted by Gasteiger charge is -2.33. The van der Waals surface area contributed by atoms with Gasteiger partial charge in [0.1, 0.15) is 0 Å². The highest BCUT2D eigenvalue weighted by Crippen LogP contribution is 2.60. The molecule has 9 nitrogen and oxygen atoms in total. The molecule has 0 saturated carbocycles. The van der Waals surface area contributed by atoms with Crippen LogP contribution in [0.25, 0.3) is 0 Å². The van der Waals surface area contributed by atoms with Gasteiger partial charge in [-0.25, -0.2) is 0 Å². The molecule has 0 bridgehead atoms. The van der Waals surface area contributed by atoms with Crippen molar-refractivity contribution in [2.45, 2.75) is 123 Å². The van der Waals surface area contributed by atoms with Gasteiger partial charge in [-0.3, -0.25) is 0 Å². The van der Waals surface area contributed by atoms with E-state index in [1.165, 1.54) is 25.7 Å². The van der Waals surface area contributed by atoms with Crippen LogP contribution in [0, 0.1) is 0 Å². The Kier molecular flexibility index (Phi) is 56.6. The van der Waals surface area contributed by atoms with Gasteiger partial charge in [0.2, 0.25) is 0 Å². The number of rotatable bonds is 33. The van der Waals surface area contributed by atoms with Crippen LogP contribution in [-0.2, 0) is 39.8 Å². The van der Waals surface area contributed by atoms with Gasteiger partial charge < -0.3 is 39.8 Å². The van der Waals surface area contributed by atoms with Crippen molar-refractivity contribution in [1.29, 1.82) is 0 Å². The predicted molar refractivity (Wildman–Crippen MR) is 283 cm³/mol. The highest BCUT2D eigenvalue weighted by molar-refractivity contribution is 9.36. The van der Waals surface area contributed by atoms with Gasteiger partial charge >= 0.3 is 23.9 Å². The molecule has 0 spiro atoms. The molecule has 0 aliphatic rings. The third kappa shape index (κ3) is 32.2. The van der Waals surface area contributed by atoms with Gasteiger partial charge in [-0.05, 0) is 111 Å². The molecule has 0 fully saturated rings. The van der Waals surface area contributed by atoms with Crippen molar-refractivity contribution in [3.63, 3.8) is 0 Å². The van der Waals surface area contributed by atoms with Crippen LogP contribution in [0.4, 0.5) is 0 Å². The summed E-state index contributed by atoms with van der Waals surface area (Å²) in [5.41, 5.74) is 0. The summed E-state index contributed by atoms with van der Waals surface area (Å²) in [7, 11) is 0.902. The molecule has 0 aromatic rings. The highest BCUT2D eigenvalue weighted by Gasteiger charge is 2.49. The van der Waals surface area contributed by atoms with Crippen molar-refractivity contribution in [3.8, 4) is 0 Å². The molecule has 0 aromatic carbocycles. The van der Waals surface area contributed by atoms with E-state index in [0.717, 1.165) is 17.3 Å². The summed E-state index contributed by atoms with van der Waals surface area (Å²) in [5.74, 6) is 3.37. The van der Waals surface area contributed by atoms with Crippen molar-refractivity contribution >= 4 is 146 Å². The fraction of sp³-hybridized carbons (Fsp3) is 1.00. The molecular weight excluding hydrogens is 973 g/mol. The van der Waals surface area contributed by atoms with Crippen LogP contribution in [0.2, 0.25) is 0 Å². The molecule has 0 N–H and O–H groups in total. The van der Waals surface area contributed by atoms with E-state index in [9.17, 15) is 0 Å². The van der Waals surface area contributed by atoms with Gasteiger partial charge in [0, 0.05) is 76.7 Å². The van der Waals surface area contributed by atoms with Crippen molar-refractivity contribution in [3.05, 3.63) is 0 Å². The summed E-state index contributed by atoms with van der Waals surface area (Å²) in [5, 5.41) is 0. The van der Waals surface area contributed by atoms with Gasteiger partial charge in [0.05, 0.1) is 0 Å². The summed E-state index contributed by atoms with van der Waals surface area (Å²) in [6.07, 6.45) is 4.75. The quantitative estimate of drug-likeness (QED) is 0.0163. The molecule has 0 rings (SSSR count). The van der Waals surface area contributed by atoms with Crippen LogP contribution in [0.5, 0.6) is 0 Å². The third-order valence-corrected chi connectivity index (χ3v) is 56.8. The zero-order valence-corrected chi connectivity index (χ0v) is 48.9. The minimum atomic E-state index is -2.58. The first-order chi connectivity index (χ1) is 25.9. The number of hydrogen-bond donors (Lipinski definition) is 6. The van der Waals surface area contributed by atoms with Gasteiger partial charge in [-0.1, -0.05) is 98.6 Å². The van der Waals surface area contributed by atoms with Crippen LogP contribution < -0.4 is 0 Å².